The van der Waals surface area contributed by atoms with Crippen molar-refractivity contribution >= 4 is 0 Å². The summed E-state index contributed by atoms with van der Waals surface area (Å²) in [5, 5.41) is 0. The predicted molar refractivity (Wildman–Crippen MR) is 80.4 cm³/mol. The molecular formula is C19H24. The molecule has 1 saturated carbocycles. The Bertz CT molecular complexity index is 549. The molecule has 19 heavy (non-hydrogen) atoms. The van der Waals surface area contributed by atoms with Crippen molar-refractivity contribution in [1.82, 2.24) is 0 Å². The zero-order chi connectivity index (χ0) is 13.0. The van der Waals surface area contributed by atoms with Gasteiger partial charge in [0.25, 0.3) is 0 Å². The van der Waals surface area contributed by atoms with E-state index in [2.05, 4.69) is 38.1 Å². The smallest absolute Gasteiger partial charge is 0.0182 e. The Morgan fingerprint density at radius 1 is 1.16 bits per heavy atom. The largest absolute Gasteiger partial charge is 0.0850 e. The fraction of sp³-hybridized carbons (Fsp3) is 0.579. The summed E-state index contributed by atoms with van der Waals surface area (Å²) in [6, 6.07) is 7.29. The van der Waals surface area contributed by atoms with Gasteiger partial charge in [0.2, 0.25) is 0 Å². The number of fused-ring (bicyclic) bond motifs is 4. The Morgan fingerprint density at radius 3 is 2.74 bits per heavy atom. The SMILES string of the molecule is CC(C)c1ccc2c(c1)CCC1(CC3=CCC1C3)C2. The van der Waals surface area contributed by atoms with Gasteiger partial charge in [0.15, 0.2) is 0 Å². The fourth-order valence-electron chi connectivity index (χ4n) is 4.76. The summed E-state index contributed by atoms with van der Waals surface area (Å²) in [4.78, 5) is 0. The molecule has 3 aliphatic carbocycles. The highest BCUT2D eigenvalue weighted by Gasteiger charge is 2.48. The van der Waals surface area contributed by atoms with E-state index in [0.717, 1.165) is 5.92 Å². The van der Waals surface area contributed by atoms with E-state index >= 15 is 0 Å². The average Bonchev–Trinajstić information content (AvgIpc) is 2.98. The molecule has 0 aromatic heterocycles. The molecule has 3 aliphatic rings. The van der Waals surface area contributed by atoms with Gasteiger partial charge in [0, 0.05) is 0 Å². The highest BCUT2D eigenvalue weighted by Crippen LogP contribution is 2.58. The minimum absolute atomic E-state index is 0.649. The molecule has 1 aromatic carbocycles. The first-order chi connectivity index (χ1) is 9.16. The summed E-state index contributed by atoms with van der Waals surface area (Å²) in [5.41, 5.74) is 7.24. The lowest BCUT2D eigenvalue weighted by molar-refractivity contribution is 0.168. The molecule has 4 rings (SSSR count). The summed E-state index contributed by atoms with van der Waals surface area (Å²) in [6.07, 6.45) is 10.8. The molecule has 2 bridgehead atoms. The van der Waals surface area contributed by atoms with Crippen molar-refractivity contribution in [2.24, 2.45) is 11.3 Å². The number of aryl methyl sites for hydroxylation is 1. The lowest BCUT2D eigenvalue weighted by Gasteiger charge is -2.40. The lowest BCUT2D eigenvalue weighted by Crippen LogP contribution is -2.33. The van der Waals surface area contributed by atoms with Crippen LogP contribution in [0.3, 0.4) is 0 Å². The molecule has 1 spiro atoms. The van der Waals surface area contributed by atoms with Gasteiger partial charge in [-0.15, -0.1) is 0 Å². The number of benzene rings is 1. The molecular weight excluding hydrogens is 228 g/mol. The maximum atomic E-state index is 2.52. The zero-order valence-corrected chi connectivity index (χ0v) is 12.2. The van der Waals surface area contributed by atoms with Crippen LogP contribution in [0.25, 0.3) is 0 Å². The van der Waals surface area contributed by atoms with Crippen molar-refractivity contribution in [3.05, 3.63) is 46.5 Å². The number of hydrogen-bond donors (Lipinski definition) is 0. The van der Waals surface area contributed by atoms with Crippen molar-refractivity contribution in [3.63, 3.8) is 0 Å². The molecule has 0 radical (unpaired) electrons. The van der Waals surface area contributed by atoms with E-state index in [1.165, 1.54) is 44.1 Å². The van der Waals surface area contributed by atoms with Crippen molar-refractivity contribution in [3.8, 4) is 0 Å². The molecule has 0 heteroatoms. The van der Waals surface area contributed by atoms with E-state index in [1.54, 1.807) is 16.7 Å². The Hall–Kier alpha value is -1.04. The summed E-state index contributed by atoms with van der Waals surface area (Å²) < 4.78 is 0. The van der Waals surface area contributed by atoms with Gasteiger partial charge >= 0.3 is 0 Å². The third kappa shape index (κ3) is 1.72. The molecule has 1 fully saturated rings. The number of allylic oxidation sites excluding steroid dienone is 2. The molecule has 1 aromatic rings. The zero-order valence-electron chi connectivity index (χ0n) is 12.2. The van der Waals surface area contributed by atoms with Crippen LogP contribution >= 0.6 is 0 Å². The molecule has 2 atom stereocenters. The summed E-state index contributed by atoms with van der Waals surface area (Å²) >= 11 is 0. The van der Waals surface area contributed by atoms with Crippen LogP contribution in [0.4, 0.5) is 0 Å². The van der Waals surface area contributed by atoms with Gasteiger partial charge < -0.3 is 0 Å². The van der Waals surface area contributed by atoms with E-state index in [0.29, 0.717) is 11.3 Å². The van der Waals surface area contributed by atoms with Crippen LogP contribution in [-0.2, 0) is 12.8 Å². The van der Waals surface area contributed by atoms with E-state index < -0.39 is 0 Å². The highest BCUT2D eigenvalue weighted by atomic mass is 14.5. The predicted octanol–water partition coefficient (Wildman–Crippen LogP) is 5.03. The molecule has 0 N–H and O–H groups in total. The van der Waals surface area contributed by atoms with E-state index in [-0.39, 0.29) is 0 Å². The molecule has 100 valence electrons. The third-order valence-corrected chi connectivity index (χ3v) is 5.98. The Labute approximate surface area is 116 Å². The van der Waals surface area contributed by atoms with Gasteiger partial charge in [0.05, 0.1) is 0 Å². The first-order valence-electron chi connectivity index (χ1n) is 7.96. The number of hydrogen-bond acceptors (Lipinski definition) is 0. The molecule has 0 heterocycles. The standard InChI is InChI=1S/C19H24/c1-13(2)15-4-5-17-12-19(8-7-16(17)10-15)11-14-3-6-18(19)9-14/h3-5,10,13,18H,6-9,11-12H2,1-2H3. The van der Waals surface area contributed by atoms with Crippen molar-refractivity contribution in [1.29, 1.82) is 0 Å². The van der Waals surface area contributed by atoms with Crippen molar-refractivity contribution in [2.75, 3.05) is 0 Å². The molecule has 0 aliphatic heterocycles. The van der Waals surface area contributed by atoms with Crippen LogP contribution in [-0.4, -0.2) is 0 Å². The summed E-state index contributed by atoms with van der Waals surface area (Å²) in [5.74, 6) is 1.63. The van der Waals surface area contributed by atoms with E-state index in [1.807, 2.05) is 0 Å². The first kappa shape index (κ1) is 11.8. The minimum atomic E-state index is 0.649. The summed E-state index contributed by atoms with van der Waals surface area (Å²) in [6.45, 7) is 4.60. The maximum absolute atomic E-state index is 2.52. The van der Waals surface area contributed by atoms with Crippen LogP contribution in [0.5, 0.6) is 0 Å². The lowest BCUT2D eigenvalue weighted by atomic mass is 9.64. The van der Waals surface area contributed by atoms with Gasteiger partial charge in [-0.25, -0.2) is 0 Å². The molecule has 0 nitrogen and oxygen atoms in total. The van der Waals surface area contributed by atoms with Gasteiger partial charge in [-0.2, -0.15) is 0 Å². The Kier molecular flexibility index (Phi) is 2.46. The van der Waals surface area contributed by atoms with E-state index in [9.17, 15) is 0 Å². The second kappa shape index (κ2) is 3.98. The second-order valence-electron chi connectivity index (χ2n) is 7.40. The average molecular weight is 252 g/mol. The van der Waals surface area contributed by atoms with Crippen LogP contribution < -0.4 is 0 Å². The van der Waals surface area contributed by atoms with Gasteiger partial charge in [-0.3, -0.25) is 0 Å². The quantitative estimate of drug-likeness (QED) is 0.615. The molecule has 0 amide bonds. The van der Waals surface area contributed by atoms with Gasteiger partial charge in [-0.1, -0.05) is 43.7 Å². The van der Waals surface area contributed by atoms with Crippen LogP contribution in [0, 0.1) is 11.3 Å². The van der Waals surface area contributed by atoms with E-state index in [4.69, 9.17) is 0 Å². The molecule has 0 saturated heterocycles. The maximum Gasteiger partial charge on any atom is -0.0182 e. The normalized spacial score (nSPS) is 31.9. The fourth-order valence-corrected chi connectivity index (χ4v) is 4.76. The molecule has 2 unspecified atom stereocenters. The highest BCUT2D eigenvalue weighted by molar-refractivity contribution is 5.38. The van der Waals surface area contributed by atoms with Crippen molar-refractivity contribution in [2.45, 2.75) is 58.3 Å². The van der Waals surface area contributed by atoms with Crippen LogP contribution in [0.15, 0.2) is 29.8 Å². The minimum Gasteiger partial charge on any atom is -0.0850 e. The first-order valence-corrected chi connectivity index (χ1v) is 7.96. The van der Waals surface area contributed by atoms with Crippen molar-refractivity contribution < 1.29 is 0 Å². The topological polar surface area (TPSA) is 0 Å². The van der Waals surface area contributed by atoms with Gasteiger partial charge in [0.1, 0.15) is 0 Å². The summed E-state index contributed by atoms with van der Waals surface area (Å²) in [7, 11) is 0. The Balaban J connectivity index is 1.66. The monoisotopic (exact) mass is 252 g/mol. The second-order valence-corrected chi connectivity index (χ2v) is 7.40. The Morgan fingerprint density at radius 2 is 2.05 bits per heavy atom. The number of rotatable bonds is 1. The third-order valence-electron chi connectivity index (χ3n) is 5.98. The van der Waals surface area contributed by atoms with Crippen LogP contribution in [0.2, 0.25) is 0 Å². The van der Waals surface area contributed by atoms with Gasteiger partial charge in [-0.05, 0) is 72.5 Å². The van der Waals surface area contributed by atoms with Crippen LogP contribution in [0.1, 0.15) is 62.1 Å².